The second-order valence-corrected chi connectivity index (χ2v) is 31.6. The van der Waals surface area contributed by atoms with E-state index in [1.807, 2.05) is 0 Å². The maximum Gasteiger partial charge on any atom is 0.266 e. The van der Waals surface area contributed by atoms with Gasteiger partial charge < -0.3 is 49.4 Å². The maximum absolute atomic E-state index is 14.5. The quantitative estimate of drug-likeness (QED) is 0.0206. The van der Waals surface area contributed by atoms with Crippen LogP contribution in [0.3, 0.4) is 0 Å². The Morgan fingerprint density at radius 3 is 1.65 bits per heavy atom. The van der Waals surface area contributed by atoms with Crippen molar-refractivity contribution in [2.75, 3.05) is 51.8 Å². The van der Waals surface area contributed by atoms with Crippen LogP contribution >= 0.6 is 23.2 Å². The van der Waals surface area contributed by atoms with Crippen molar-refractivity contribution in [3.63, 3.8) is 0 Å². The number of aromatic nitrogens is 2. The Bertz CT molecular complexity index is 4240. The number of nitrogens with one attached hydrogen (secondary N) is 6. The third-order valence-corrected chi connectivity index (χ3v) is 20.8. The third kappa shape index (κ3) is 21.5. The van der Waals surface area contributed by atoms with Crippen molar-refractivity contribution in [2.45, 2.75) is 151 Å². The van der Waals surface area contributed by atoms with Crippen molar-refractivity contribution >= 4 is 111 Å². The fourth-order valence-electron chi connectivity index (χ4n) is 12.7. The Morgan fingerprint density at radius 2 is 1.15 bits per heavy atom. The number of hydrogen-bond donors (Lipinski definition) is 7. The number of amides is 4. The van der Waals surface area contributed by atoms with E-state index in [4.69, 9.17) is 46.6 Å². The highest BCUT2D eigenvalue weighted by atomic mass is 35.5. The highest BCUT2D eigenvalue weighted by Crippen LogP contribution is 2.30. The number of sulfonamides is 3. The van der Waals surface area contributed by atoms with E-state index in [1.54, 1.807) is 55.5 Å². The number of benzene rings is 4. The first-order valence-corrected chi connectivity index (χ1v) is 39.1. The minimum Gasteiger partial charge on any atom is -0.434 e. The molecule has 4 aliphatic rings. The number of halogens is 3. The second kappa shape index (κ2) is 34.7. The first-order chi connectivity index (χ1) is 47.5. The molecule has 4 aliphatic heterocycles. The monoisotopic (exact) mass is 1480 g/mol. The number of rotatable bonds is 30. The number of likely N-dealkylation sites (tertiary alicyclic amines) is 2. The number of carbonyl (C=O) groups is 6. The second-order valence-electron chi connectivity index (χ2n) is 25.6. The minimum atomic E-state index is -4.03. The van der Waals surface area contributed by atoms with Crippen LogP contribution in [-0.4, -0.2) is 180 Å². The molecule has 0 spiro atoms. The van der Waals surface area contributed by atoms with E-state index >= 15 is 0 Å². The van der Waals surface area contributed by atoms with Gasteiger partial charge in [-0.2, -0.15) is 0 Å². The molecular formula is C67H84Cl2FN11O16S3. The number of para-hydroxylation sites is 2. The van der Waals surface area contributed by atoms with E-state index in [2.05, 4.69) is 47.3 Å². The molecule has 0 bridgehead atoms. The summed E-state index contributed by atoms with van der Waals surface area (Å²) < 4.78 is 116. The number of primary sulfonamides is 1. The van der Waals surface area contributed by atoms with Crippen molar-refractivity contribution in [1.29, 1.82) is 0 Å². The summed E-state index contributed by atoms with van der Waals surface area (Å²) in [5, 5.41) is 18.1. The van der Waals surface area contributed by atoms with Gasteiger partial charge in [-0.15, -0.1) is 6.58 Å². The average Bonchev–Trinajstić information content (AvgIpc) is 1.66. The van der Waals surface area contributed by atoms with Crippen LogP contribution in [0.1, 0.15) is 116 Å². The molecule has 4 amide bonds. The summed E-state index contributed by atoms with van der Waals surface area (Å²) in [6.07, 6.45) is 7.81. The summed E-state index contributed by atoms with van der Waals surface area (Å²) in [6.45, 7) is 8.76. The lowest BCUT2D eigenvalue weighted by molar-refractivity contribution is -0.140. The highest BCUT2D eigenvalue weighted by molar-refractivity contribution is 7.89. The normalized spacial score (nSPS) is 19.9. The Balaban J connectivity index is 0.000000233. The number of carbonyl (C=O) groups excluding carboxylic acids is 6. The van der Waals surface area contributed by atoms with Gasteiger partial charge in [0, 0.05) is 41.5 Å². The van der Waals surface area contributed by atoms with Crippen LogP contribution in [-0.2, 0) is 71.9 Å². The molecule has 0 unspecified atom stereocenters. The van der Waals surface area contributed by atoms with Gasteiger partial charge in [0.05, 0.1) is 48.9 Å². The van der Waals surface area contributed by atoms with Crippen molar-refractivity contribution in [1.82, 2.24) is 50.5 Å². The van der Waals surface area contributed by atoms with Crippen LogP contribution in [0.15, 0.2) is 111 Å². The van der Waals surface area contributed by atoms with Gasteiger partial charge >= 0.3 is 0 Å². The Labute approximate surface area is 590 Å². The lowest BCUT2D eigenvalue weighted by atomic mass is 9.91. The van der Waals surface area contributed by atoms with Gasteiger partial charge in [-0.1, -0.05) is 66.5 Å². The zero-order valence-electron chi connectivity index (χ0n) is 55.5. The molecule has 0 radical (unpaired) electrons. The number of ether oxygens (including phenoxy) is 2. The zero-order chi connectivity index (χ0) is 72.1. The summed E-state index contributed by atoms with van der Waals surface area (Å²) in [5.74, 6) is -4.12. The van der Waals surface area contributed by atoms with Crippen LogP contribution < -0.4 is 35.9 Å². The topological polar surface area (TPSA) is 380 Å². The fraction of sp³-hybridized carbons (Fsp3) is 0.493. The smallest absolute Gasteiger partial charge is 0.266 e. The molecule has 4 saturated heterocycles. The predicted molar refractivity (Wildman–Crippen MR) is 370 cm³/mol. The molecule has 4 aromatic carbocycles. The van der Waals surface area contributed by atoms with Gasteiger partial charge in [0.25, 0.3) is 11.8 Å². The first kappa shape index (κ1) is 77.0. The summed E-state index contributed by atoms with van der Waals surface area (Å²) in [5.41, 5.74) is 2.20. The lowest BCUT2D eigenvalue weighted by Crippen LogP contribution is -2.55. The van der Waals surface area contributed by atoms with E-state index in [0.717, 1.165) is 69.9 Å². The Morgan fingerprint density at radius 1 is 0.660 bits per heavy atom. The molecule has 10 rings (SSSR count). The molecule has 0 aliphatic carbocycles. The SMILES string of the molecule is C=CC[C@H](NC(=O)[C@@H]1C[C@@H](OCc2ccc(Cl)cc2F)CN1C(=O)[C@@H](CCC1CCNCC1)NS(C)(=O)=O)C(=O)c1nc2ccccc2o1.CC[C@H](NC(=O)[C@@H]1C[C@@H](OCc2ccc(Cl)cc2)CN1C(=O)[C@@H](CCC1CCNCC1)NS(C)(=O)=O)C(=O)c1nc2cc(S(N)(=O)=O)ccc2o1. The number of oxazole rings is 2. The maximum atomic E-state index is 14.5. The van der Waals surface area contributed by atoms with Crippen molar-refractivity contribution < 1.29 is 76.7 Å². The van der Waals surface area contributed by atoms with Gasteiger partial charge in [0.1, 0.15) is 47.1 Å². The van der Waals surface area contributed by atoms with Crippen LogP contribution in [0.5, 0.6) is 0 Å². The largest absolute Gasteiger partial charge is 0.434 e. The van der Waals surface area contributed by atoms with Crippen molar-refractivity contribution in [2.24, 2.45) is 17.0 Å². The number of Topliss-reactive ketones (excluding diaryl/α,β-unsaturated/α-hetero) is 2. The van der Waals surface area contributed by atoms with Gasteiger partial charge in [-0.3, -0.25) is 28.8 Å². The van der Waals surface area contributed by atoms with Crippen LogP contribution in [0.25, 0.3) is 22.2 Å². The van der Waals surface area contributed by atoms with E-state index in [9.17, 15) is 58.4 Å². The number of piperidine rings is 2. The van der Waals surface area contributed by atoms with E-state index in [-0.39, 0.29) is 103 Å². The Kier molecular flexibility index (Phi) is 26.7. The molecule has 33 heteroatoms. The summed E-state index contributed by atoms with van der Waals surface area (Å²) in [6, 6.07) is 15.2. The zero-order valence-corrected chi connectivity index (χ0v) is 59.5. The summed E-state index contributed by atoms with van der Waals surface area (Å²) in [4.78, 5) is 94.1. The molecule has 6 aromatic rings. The molecule has 2 aromatic heterocycles. The lowest BCUT2D eigenvalue weighted by Gasteiger charge is -2.30. The van der Waals surface area contributed by atoms with Gasteiger partial charge in [-0.25, -0.2) is 54.2 Å². The fourth-order valence-corrected chi connectivity index (χ4v) is 15.0. The van der Waals surface area contributed by atoms with E-state index in [1.165, 1.54) is 52.3 Å². The van der Waals surface area contributed by atoms with Crippen molar-refractivity contribution in [3.8, 4) is 0 Å². The molecule has 4 fully saturated rings. The number of fused-ring (bicyclic) bond motifs is 2. The standard InChI is InChI=1S/C34H41ClFN5O7S.C33H43ClN6O9S2/c1-3-6-27(31(42)33-39-26-7-4-5-8-30(26)48-33)38-32(43)29-18-24(47-20-22-10-11-23(35)17-25(22)36)19-41(29)34(44)28(40-49(2,45)46)12-9-21-13-15-37-16-14-21;1-3-25(30(41)32-38-27-17-24(51(35,46)47)9-11-29(27)49-32)37-31(42)28-16-23(48-19-21-4-7-22(34)8-5-21)18-40(28)33(43)26(39-50(2,44)45)10-6-20-12-14-36-15-13-20/h3-5,7-8,10-11,17,21,24,27-29,37,40H,1,6,9,12-16,18-20H2,2H3,(H,38,43);4-5,7-9,11,17,20,23,25-26,28,36,39H,3,6,10,12-16,18-19H2,1-2H3,(H,37,42)(H2,35,46,47)/t24-,27+,28-,29+;23-,25+,26-,28+/m11/s1. The summed E-state index contributed by atoms with van der Waals surface area (Å²) in [7, 11) is -11.6. The van der Waals surface area contributed by atoms with E-state index in [0.29, 0.717) is 40.8 Å². The molecule has 542 valence electrons. The number of nitrogens with zero attached hydrogens (tertiary/aromatic N) is 4. The third-order valence-electron chi connectivity index (χ3n) is 18.0. The number of ketones is 2. The van der Waals surface area contributed by atoms with Crippen LogP contribution in [0, 0.1) is 17.7 Å². The van der Waals surface area contributed by atoms with Gasteiger partial charge in [0.2, 0.25) is 65.3 Å². The van der Waals surface area contributed by atoms with Crippen LogP contribution in [0.2, 0.25) is 10.0 Å². The average molecular weight is 1490 g/mol. The van der Waals surface area contributed by atoms with Crippen molar-refractivity contribution in [3.05, 3.63) is 136 Å². The van der Waals surface area contributed by atoms with Gasteiger partial charge in [0.15, 0.2) is 11.2 Å². The Hall–Kier alpha value is -7.14. The first-order valence-electron chi connectivity index (χ1n) is 33.0. The number of hydrogen-bond acceptors (Lipinski definition) is 20. The van der Waals surface area contributed by atoms with E-state index < -0.39 is 120 Å². The highest BCUT2D eigenvalue weighted by Gasteiger charge is 2.46. The van der Waals surface area contributed by atoms with Gasteiger partial charge in [-0.05, 0) is 162 Å². The molecule has 8 N–H and O–H groups in total. The minimum absolute atomic E-state index is 0.0159. The molecule has 8 atom stereocenters. The summed E-state index contributed by atoms with van der Waals surface area (Å²) >= 11 is 11.9. The molecule has 6 heterocycles. The molecule has 100 heavy (non-hydrogen) atoms. The molecule has 0 saturated carbocycles. The molecular weight excluding hydrogens is 1400 g/mol. The van der Waals surface area contributed by atoms with Crippen LogP contribution in [0.4, 0.5) is 4.39 Å². The molecule has 27 nitrogen and oxygen atoms in total. The predicted octanol–water partition coefficient (Wildman–Crippen LogP) is 5.84. The number of nitrogens with two attached hydrogens (primary N) is 1.